The molecule has 2 heterocycles. The Bertz CT molecular complexity index is 1110. The number of aliphatic hydroxyl groups is 1. The van der Waals surface area contributed by atoms with Gasteiger partial charge in [-0.2, -0.15) is 0 Å². The molecular formula is C19H15N5O3. The highest BCUT2D eigenvalue weighted by Gasteiger charge is 2.20. The second-order valence-electron chi connectivity index (χ2n) is 6.04. The maximum atomic E-state index is 11.0. The number of fused-ring (bicyclic) bond motifs is 1. The Morgan fingerprint density at radius 2 is 1.89 bits per heavy atom. The molecule has 4 aromatic rings. The minimum Gasteiger partial charge on any atom is -0.382 e. The third-order valence-electron chi connectivity index (χ3n) is 4.28. The van der Waals surface area contributed by atoms with E-state index in [0.717, 1.165) is 5.56 Å². The summed E-state index contributed by atoms with van der Waals surface area (Å²) in [5.74, 6) is 0. The van der Waals surface area contributed by atoms with Gasteiger partial charge in [-0.05, 0) is 11.1 Å². The number of rotatable bonds is 5. The third kappa shape index (κ3) is 3.25. The number of aromatic nitrogens is 4. The Hall–Kier alpha value is -3.65. The van der Waals surface area contributed by atoms with Crippen LogP contribution >= 0.6 is 0 Å². The highest BCUT2D eigenvalue weighted by atomic mass is 16.6. The van der Waals surface area contributed by atoms with E-state index < -0.39 is 11.0 Å². The van der Waals surface area contributed by atoms with Crippen molar-refractivity contribution < 1.29 is 10.0 Å². The zero-order valence-electron chi connectivity index (χ0n) is 14.1. The zero-order chi connectivity index (χ0) is 18.8. The van der Waals surface area contributed by atoms with Gasteiger partial charge in [0.25, 0.3) is 5.69 Å². The maximum absolute atomic E-state index is 11.0. The van der Waals surface area contributed by atoms with Crippen molar-refractivity contribution in [2.75, 3.05) is 0 Å². The van der Waals surface area contributed by atoms with Crippen molar-refractivity contribution in [3.63, 3.8) is 0 Å². The van der Waals surface area contributed by atoms with Crippen molar-refractivity contribution in [2.24, 2.45) is 0 Å². The molecule has 8 nitrogen and oxygen atoms in total. The lowest BCUT2D eigenvalue weighted by Crippen LogP contribution is -2.06. The number of aliphatic hydroxyl groups excluding tert-OH is 1. The smallest absolute Gasteiger partial charge is 0.269 e. The van der Waals surface area contributed by atoms with Gasteiger partial charge in [-0.25, -0.2) is 15.0 Å². The van der Waals surface area contributed by atoms with Crippen LogP contribution in [0, 0.1) is 10.1 Å². The summed E-state index contributed by atoms with van der Waals surface area (Å²) < 4.78 is 1.87. The van der Waals surface area contributed by atoms with Gasteiger partial charge in [-0.3, -0.25) is 10.1 Å². The minimum atomic E-state index is -1.14. The van der Waals surface area contributed by atoms with Crippen LogP contribution in [0.5, 0.6) is 0 Å². The molecule has 0 amide bonds. The topological polar surface area (TPSA) is 107 Å². The number of hydrogen-bond donors (Lipinski definition) is 1. The molecule has 0 spiro atoms. The summed E-state index contributed by atoms with van der Waals surface area (Å²) in [7, 11) is 0. The minimum absolute atomic E-state index is 0.0912. The summed E-state index contributed by atoms with van der Waals surface area (Å²) in [5.41, 5.74) is 2.75. The van der Waals surface area contributed by atoms with Gasteiger partial charge in [0.05, 0.1) is 17.8 Å². The lowest BCUT2D eigenvalue weighted by Gasteiger charge is -2.11. The number of imidazole rings is 1. The molecule has 1 atom stereocenters. The summed E-state index contributed by atoms with van der Waals surface area (Å²) in [5, 5.41) is 21.7. The van der Waals surface area contributed by atoms with E-state index in [1.807, 2.05) is 34.9 Å². The van der Waals surface area contributed by atoms with Crippen molar-refractivity contribution in [2.45, 2.75) is 12.6 Å². The van der Waals surface area contributed by atoms with Crippen LogP contribution in [0.1, 0.15) is 22.9 Å². The largest absolute Gasteiger partial charge is 0.382 e. The first-order valence-corrected chi connectivity index (χ1v) is 8.25. The van der Waals surface area contributed by atoms with Crippen molar-refractivity contribution in [1.82, 2.24) is 19.5 Å². The molecule has 0 bridgehead atoms. The molecule has 2 aromatic carbocycles. The summed E-state index contributed by atoms with van der Waals surface area (Å²) in [4.78, 5) is 23.3. The fraction of sp³-hybridized carbons (Fsp3) is 0.105. The standard InChI is InChI=1S/C19H15N5O3/c25-18(14-7-4-8-15(9-14)24(26)27)16-17-19(21-11-20-16)23(12-22-17)10-13-5-2-1-3-6-13/h1-9,11-12,18,25H,10H2. The van der Waals surface area contributed by atoms with Crippen LogP contribution in [-0.4, -0.2) is 29.5 Å². The summed E-state index contributed by atoms with van der Waals surface area (Å²) in [6.07, 6.45) is 1.87. The lowest BCUT2D eigenvalue weighted by atomic mass is 10.1. The predicted octanol–water partition coefficient (Wildman–Crippen LogP) is 2.86. The van der Waals surface area contributed by atoms with Crippen LogP contribution < -0.4 is 0 Å². The third-order valence-corrected chi connectivity index (χ3v) is 4.28. The fourth-order valence-corrected chi connectivity index (χ4v) is 2.96. The van der Waals surface area contributed by atoms with E-state index in [9.17, 15) is 15.2 Å². The molecule has 134 valence electrons. The Morgan fingerprint density at radius 1 is 1.07 bits per heavy atom. The van der Waals surface area contributed by atoms with Crippen LogP contribution in [0.2, 0.25) is 0 Å². The predicted molar refractivity (Wildman–Crippen MR) is 98.0 cm³/mol. The van der Waals surface area contributed by atoms with Gasteiger partial charge in [0.2, 0.25) is 0 Å². The summed E-state index contributed by atoms with van der Waals surface area (Å²) in [6.45, 7) is 0.584. The molecule has 1 N–H and O–H groups in total. The molecule has 0 aliphatic carbocycles. The highest BCUT2D eigenvalue weighted by Crippen LogP contribution is 2.27. The molecule has 2 aromatic heterocycles. The van der Waals surface area contributed by atoms with E-state index in [4.69, 9.17) is 0 Å². The first kappa shape index (κ1) is 16.8. The molecule has 0 fully saturated rings. The number of benzene rings is 2. The normalized spacial score (nSPS) is 12.2. The van der Waals surface area contributed by atoms with Gasteiger partial charge >= 0.3 is 0 Å². The summed E-state index contributed by atoms with van der Waals surface area (Å²) in [6, 6.07) is 15.7. The molecule has 0 aliphatic heterocycles. The Kier molecular flexibility index (Phi) is 4.31. The molecule has 0 saturated carbocycles. The number of non-ortho nitro benzene ring substituents is 1. The average molecular weight is 361 g/mol. The highest BCUT2D eigenvalue weighted by molar-refractivity contribution is 5.74. The molecule has 0 saturated heterocycles. The van der Waals surface area contributed by atoms with Crippen molar-refractivity contribution in [3.05, 3.63) is 94.2 Å². The van der Waals surface area contributed by atoms with Crippen LogP contribution in [-0.2, 0) is 6.54 Å². The van der Waals surface area contributed by atoms with Crippen LogP contribution in [0.25, 0.3) is 11.2 Å². The van der Waals surface area contributed by atoms with Crippen LogP contribution in [0.3, 0.4) is 0 Å². The van der Waals surface area contributed by atoms with Crippen LogP contribution in [0.15, 0.2) is 67.3 Å². The van der Waals surface area contributed by atoms with Crippen molar-refractivity contribution in [3.8, 4) is 0 Å². The van der Waals surface area contributed by atoms with Gasteiger partial charge in [0.1, 0.15) is 23.6 Å². The lowest BCUT2D eigenvalue weighted by molar-refractivity contribution is -0.385. The maximum Gasteiger partial charge on any atom is 0.269 e. The van der Waals surface area contributed by atoms with Gasteiger partial charge in [0, 0.05) is 12.1 Å². The van der Waals surface area contributed by atoms with Crippen molar-refractivity contribution >= 4 is 16.9 Å². The SMILES string of the molecule is O=[N+]([O-])c1cccc(C(O)c2ncnc3c2ncn3Cc2ccccc2)c1. The van der Waals surface area contributed by atoms with E-state index in [1.54, 1.807) is 12.4 Å². The molecular weight excluding hydrogens is 346 g/mol. The average Bonchev–Trinajstić information content (AvgIpc) is 3.11. The number of nitro benzene ring substituents is 1. The molecule has 0 aliphatic rings. The van der Waals surface area contributed by atoms with E-state index in [-0.39, 0.29) is 5.69 Å². The Morgan fingerprint density at radius 3 is 2.67 bits per heavy atom. The molecule has 27 heavy (non-hydrogen) atoms. The number of nitro groups is 1. The molecule has 1 unspecified atom stereocenters. The van der Waals surface area contributed by atoms with Gasteiger partial charge in [-0.15, -0.1) is 0 Å². The summed E-state index contributed by atoms with van der Waals surface area (Å²) >= 11 is 0. The van der Waals surface area contributed by atoms with Gasteiger partial charge < -0.3 is 9.67 Å². The van der Waals surface area contributed by atoms with Crippen LogP contribution in [0.4, 0.5) is 5.69 Å². The van der Waals surface area contributed by atoms with E-state index in [1.165, 1.54) is 24.5 Å². The Balaban J connectivity index is 1.72. The van der Waals surface area contributed by atoms with Gasteiger partial charge in [-0.1, -0.05) is 42.5 Å². The van der Waals surface area contributed by atoms with Gasteiger partial charge in [0.15, 0.2) is 5.65 Å². The molecule has 8 heteroatoms. The molecule has 0 radical (unpaired) electrons. The van der Waals surface area contributed by atoms with E-state index >= 15 is 0 Å². The zero-order valence-corrected chi connectivity index (χ0v) is 14.1. The first-order valence-electron chi connectivity index (χ1n) is 8.25. The second-order valence-corrected chi connectivity index (χ2v) is 6.04. The Labute approximate surface area is 153 Å². The number of hydrogen-bond acceptors (Lipinski definition) is 6. The van der Waals surface area contributed by atoms with E-state index in [2.05, 4.69) is 15.0 Å². The first-order chi connectivity index (χ1) is 13.1. The quantitative estimate of drug-likeness (QED) is 0.433. The van der Waals surface area contributed by atoms with Crippen molar-refractivity contribution in [1.29, 1.82) is 0 Å². The van der Waals surface area contributed by atoms with E-state index in [0.29, 0.717) is 29.0 Å². The fourth-order valence-electron chi connectivity index (χ4n) is 2.96. The second kappa shape index (κ2) is 6.93. The number of nitrogens with zero attached hydrogens (tertiary/aromatic N) is 5. The monoisotopic (exact) mass is 361 g/mol. The molecule has 4 rings (SSSR count).